The van der Waals surface area contributed by atoms with Crippen LogP contribution in [-0.4, -0.2) is 18.5 Å². The van der Waals surface area contributed by atoms with Crippen molar-refractivity contribution in [1.82, 2.24) is 0 Å². The summed E-state index contributed by atoms with van der Waals surface area (Å²) in [6.45, 7) is 0.628. The lowest BCUT2D eigenvalue weighted by Crippen LogP contribution is -2.19. The zero-order valence-corrected chi connectivity index (χ0v) is 17.1. The Morgan fingerprint density at radius 1 is 0.720 bits per heavy atom. The molecule has 3 heteroatoms. The smallest absolute Gasteiger partial charge is 0.0622 e. The summed E-state index contributed by atoms with van der Waals surface area (Å²) in [5.41, 5.74) is 0. The highest BCUT2D eigenvalue weighted by Crippen LogP contribution is 2.63. The molecule has 0 fully saturated rings. The summed E-state index contributed by atoms with van der Waals surface area (Å²) in [6.07, 6.45) is 3.28. The van der Waals surface area contributed by atoms with Crippen molar-refractivity contribution in [3.63, 3.8) is 0 Å². The molecule has 0 nitrogen and oxygen atoms in total. The number of halogens is 1. The molecule has 0 aromatic heterocycles. The van der Waals surface area contributed by atoms with Crippen LogP contribution in [-0.2, 0) is 0 Å². The molecule has 0 heterocycles. The lowest BCUT2D eigenvalue weighted by Gasteiger charge is -2.23. The first-order valence-corrected chi connectivity index (χ1v) is 13.3. The van der Waals surface area contributed by atoms with E-state index < -0.39 is 6.62 Å². The van der Waals surface area contributed by atoms with Crippen LogP contribution in [0.25, 0.3) is 0 Å². The largest absolute Gasteiger partial charge is 0.146 e. The molecule has 0 amide bonds. The van der Waals surface area contributed by atoms with Crippen molar-refractivity contribution in [2.45, 2.75) is 6.92 Å². The highest BCUT2D eigenvalue weighted by atomic mass is 35.7. The van der Waals surface area contributed by atoms with E-state index in [2.05, 4.69) is 97.9 Å². The molecule has 3 aromatic carbocycles. The van der Waals surface area contributed by atoms with E-state index in [1.165, 1.54) is 15.9 Å². The van der Waals surface area contributed by atoms with Gasteiger partial charge in [-0.3, -0.25) is 0 Å². The average molecular weight is 386 g/mol. The molecule has 0 aliphatic heterocycles. The Labute approximate surface area is 158 Å². The maximum Gasteiger partial charge on any atom is 0.146 e. The fourth-order valence-electron chi connectivity index (χ4n) is 3.05. The van der Waals surface area contributed by atoms with E-state index >= 15 is 0 Å². The number of rotatable bonds is 7. The summed E-state index contributed by atoms with van der Waals surface area (Å²) >= 11 is 7.19. The molecular weight excluding hydrogens is 362 g/mol. The molecule has 0 radical (unpaired) electrons. The van der Waals surface area contributed by atoms with E-state index in [0.717, 1.165) is 18.5 Å². The molecule has 0 bridgehead atoms. The first-order valence-electron chi connectivity index (χ1n) is 8.73. The summed E-state index contributed by atoms with van der Waals surface area (Å²) < 4.78 is 0. The summed E-state index contributed by atoms with van der Waals surface area (Å²) in [5.74, 6) is 0. The van der Waals surface area contributed by atoms with Crippen molar-refractivity contribution in [1.29, 1.82) is 0 Å². The van der Waals surface area contributed by atoms with E-state index in [4.69, 9.17) is 11.2 Å². The van der Waals surface area contributed by atoms with Crippen LogP contribution in [0.1, 0.15) is 6.92 Å². The van der Waals surface area contributed by atoms with Crippen LogP contribution in [0.15, 0.2) is 91.0 Å². The highest BCUT2D eigenvalue weighted by molar-refractivity contribution is 8.04. The van der Waals surface area contributed by atoms with Gasteiger partial charge in [0.05, 0.1) is 23.6 Å². The Morgan fingerprint density at radius 3 is 1.60 bits per heavy atom. The van der Waals surface area contributed by atoms with Gasteiger partial charge in [0.2, 0.25) is 0 Å². The van der Waals surface area contributed by atoms with E-state index in [9.17, 15) is 0 Å². The molecular formula is C22H24ClP2+. The minimum absolute atomic E-state index is 0.368. The van der Waals surface area contributed by atoms with Gasteiger partial charge in [0.1, 0.15) is 11.9 Å². The normalized spacial score (nSPS) is 13.6. The highest BCUT2D eigenvalue weighted by Gasteiger charge is 2.37. The molecule has 0 aliphatic carbocycles. The van der Waals surface area contributed by atoms with Crippen LogP contribution in [0.5, 0.6) is 0 Å². The summed E-state index contributed by atoms with van der Waals surface area (Å²) in [6, 6.07) is 32.5. The second kappa shape index (κ2) is 8.95. The van der Waals surface area contributed by atoms with Gasteiger partial charge in [-0.05, 0) is 37.6 Å². The predicted octanol–water partition coefficient (Wildman–Crippen LogP) is 5.64. The van der Waals surface area contributed by atoms with Crippen LogP contribution in [0.4, 0.5) is 0 Å². The molecule has 128 valence electrons. The number of benzene rings is 3. The van der Waals surface area contributed by atoms with Gasteiger partial charge in [-0.25, -0.2) is 0 Å². The quantitative estimate of drug-likeness (QED) is 0.462. The van der Waals surface area contributed by atoms with Crippen molar-refractivity contribution in [3.8, 4) is 0 Å². The van der Waals surface area contributed by atoms with E-state index in [1.54, 1.807) is 0 Å². The molecule has 0 saturated carbocycles. The molecule has 1 unspecified atom stereocenters. The molecule has 3 aromatic rings. The third-order valence-electron chi connectivity index (χ3n) is 4.53. The molecule has 0 spiro atoms. The Balaban J connectivity index is 1.86. The molecule has 3 rings (SSSR count). The van der Waals surface area contributed by atoms with E-state index in [1.807, 2.05) is 0 Å². The molecule has 0 aliphatic rings. The van der Waals surface area contributed by atoms with Crippen molar-refractivity contribution < 1.29 is 0 Å². The number of hydrogen-bond donors (Lipinski definition) is 0. The Kier molecular flexibility index (Phi) is 6.66. The zero-order chi connectivity index (χ0) is 17.5. The van der Waals surface area contributed by atoms with Crippen molar-refractivity contribution in [3.05, 3.63) is 91.0 Å². The number of hydrogen-bond acceptors (Lipinski definition) is 0. The van der Waals surface area contributed by atoms with Gasteiger partial charge < -0.3 is 0 Å². The Morgan fingerprint density at radius 2 is 1.16 bits per heavy atom. The van der Waals surface area contributed by atoms with Crippen molar-refractivity contribution in [2.24, 2.45) is 0 Å². The van der Waals surface area contributed by atoms with E-state index in [-0.39, 0.29) is 7.92 Å². The van der Waals surface area contributed by atoms with Crippen LogP contribution in [0, 0.1) is 0 Å². The maximum absolute atomic E-state index is 7.19. The Bertz CT molecular complexity index is 722. The maximum atomic E-state index is 7.19. The summed E-state index contributed by atoms with van der Waals surface area (Å²) in [5, 5.41) is 4.22. The molecule has 0 N–H and O–H groups in total. The topological polar surface area (TPSA) is 0 Å². The van der Waals surface area contributed by atoms with E-state index in [0.29, 0.717) is 0 Å². The Hall–Kier alpha value is -1.19. The molecule has 0 saturated heterocycles. The summed E-state index contributed by atoms with van der Waals surface area (Å²) in [7, 11) is -0.368. The van der Waals surface area contributed by atoms with Gasteiger partial charge in [0, 0.05) is 6.16 Å². The minimum atomic E-state index is -1.61. The predicted molar refractivity (Wildman–Crippen MR) is 118 cm³/mol. The fourth-order valence-corrected chi connectivity index (χ4v) is 9.66. The zero-order valence-electron chi connectivity index (χ0n) is 14.6. The third-order valence-corrected chi connectivity index (χ3v) is 12.4. The van der Waals surface area contributed by atoms with Gasteiger partial charge in [-0.2, -0.15) is 0 Å². The van der Waals surface area contributed by atoms with Gasteiger partial charge >= 0.3 is 0 Å². The van der Waals surface area contributed by atoms with Gasteiger partial charge in [-0.1, -0.05) is 78.9 Å². The van der Waals surface area contributed by atoms with Gasteiger partial charge in [-0.15, -0.1) is 0 Å². The SMILES string of the molecule is CC[P+](Cl)(CCP(c1ccccc1)c1ccccc1)c1ccccc1. The second-order valence-electron chi connectivity index (χ2n) is 6.06. The minimum Gasteiger partial charge on any atom is -0.0622 e. The van der Waals surface area contributed by atoms with Crippen molar-refractivity contribution in [2.75, 3.05) is 18.5 Å². The van der Waals surface area contributed by atoms with Crippen molar-refractivity contribution >= 4 is 41.7 Å². The standard InChI is InChI=1S/C22H24ClP2/c1-2-25(23,22-16-10-5-11-17-22)19-18-24(20-12-6-3-7-13-20)21-14-8-4-9-15-21/h3-17H,2,18-19H2,1H3/q+1. The van der Waals surface area contributed by atoms with Gasteiger partial charge in [0.25, 0.3) is 0 Å². The fraction of sp³-hybridized carbons (Fsp3) is 0.182. The summed E-state index contributed by atoms with van der Waals surface area (Å²) in [4.78, 5) is 0. The first-order chi connectivity index (χ1) is 12.2. The second-order valence-corrected chi connectivity index (χ2v) is 13.7. The third kappa shape index (κ3) is 4.71. The lowest BCUT2D eigenvalue weighted by molar-refractivity contribution is 1.42. The van der Waals surface area contributed by atoms with Crippen LogP contribution in [0.3, 0.4) is 0 Å². The van der Waals surface area contributed by atoms with Crippen LogP contribution < -0.4 is 15.9 Å². The monoisotopic (exact) mass is 385 g/mol. The average Bonchev–Trinajstić information content (AvgIpc) is 2.70. The lowest BCUT2D eigenvalue weighted by atomic mass is 10.4. The van der Waals surface area contributed by atoms with Gasteiger partial charge in [0.15, 0.2) is 0 Å². The molecule has 1 atom stereocenters. The van der Waals surface area contributed by atoms with Crippen LogP contribution >= 0.6 is 25.8 Å². The molecule has 25 heavy (non-hydrogen) atoms. The van der Waals surface area contributed by atoms with Crippen LogP contribution in [0.2, 0.25) is 0 Å². The first kappa shape index (κ1) is 18.6.